The number of hydrogen-bond donors (Lipinski definition) is 3. The molecular weight excluding hydrogens is 630 g/mol. The minimum absolute atomic E-state index is 0.159. The highest BCUT2D eigenvalue weighted by molar-refractivity contribution is 6.30. The third kappa shape index (κ3) is 7.53. The Labute approximate surface area is 247 Å². The summed E-state index contributed by atoms with van der Waals surface area (Å²) in [6.45, 7) is -1.59. The molecule has 44 heavy (non-hydrogen) atoms. The van der Waals surface area contributed by atoms with Gasteiger partial charge in [-0.15, -0.1) is 23.4 Å². The van der Waals surface area contributed by atoms with Crippen molar-refractivity contribution in [3.63, 3.8) is 0 Å². The van der Waals surface area contributed by atoms with Gasteiger partial charge >= 0.3 is 18.2 Å². The molecule has 0 aliphatic rings. The normalized spacial score (nSPS) is 13.5. The van der Waals surface area contributed by atoms with E-state index in [0.717, 1.165) is 29.9 Å². The Morgan fingerprint density at radius 1 is 1.11 bits per heavy atom. The number of carbonyl (C=O) groups excluding carboxylic acids is 1. The van der Waals surface area contributed by atoms with Gasteiger partial charge in [0, 0.05) is 23.7 Å². The van der Waals surface area contributed by atoms with E-state index < -0.39 is 67.5 Å². The van der Waals surface area contributed by atoms with Crippen LogP contribution in [-0.2, 0) is 17.9 Å². The van der Waals surface area contributed by atoms with Gasteiger partial charge in [0.05, 0.1) is 13.2 Å². The summed E-state index contributed by atoms with van der Waals surface area (Å²) in [4.78, 5) is 33.0. The minimum atomic E-state index is -5.14. The molecule has 0 saturated heterocycles. The molecule has 1 amide bonds. The molecule has 13 nitrogen and oxygen atoms in total. The molecule has 236 valence electrons. The monoisotopic (exact) mass is 650 g/mol. The fraction of sp³-hybridized carbons (Fsp3) is 0.333. The maximum atomic E-state index is 13.2. The van der Waals surface area contributed by atoms with Gasteiger partial charge in [0.25, 0.3) is 0 Å². The second-order valence-electron chi connectivity index (χ2n) is 9.05. The third-order valence-electron chi connectivity index (χ3n) is 5.77. The van der Waals surface area contributed by atoms with Crippen molar-refractivity contribution >= 4 is 17.5 Å². The van der Waals surface area contributed by atoms with Crippen LogP contribution in [0.15, 0.2) is 47.4 Å². The molecule has 20 heteroatoms. The molecule has 1 aromatic carbocycles. The van der Waals surface area contributed by atoms with Crippen LogP contribution in [0.25, 0.3) is 17.2 Å². The van der Waals surface area contributed by atoms with Gasteiger partial charge in [-0.3, -0.25) is 9.36 Å². The third-order valence-corrected chi connectivity index (χ3v) is 6.03. The van der Waals surface area contributed by atoms with Gasteiger partial charge in [-0.2, -0.15) is 17.9 Å². The summed E-state index contributed by atoms with van der Waals surface area (Å²) in [5.41, 5.74) is -0.970. The van der Waals surface area contributed by atoms with Crippen LogP contribution >= 0.6 is 11.6 Å². The Balaban J connectivity index is 1.84. The van der Waals surface area contributed by atoms with Gasteiger partial charge in [-0.25, -0.2) is 19.4 Å². The summed E-state index contributed by atoms with van der Waals surface area (Å²) in [5, 5.41) is 30.4. The molecule has 0 aliphatic heterocycles. The number of pyridine rings is 1. The van der Waals surface area contributed by atoms with E-state index in [4.69, 9.17) is 11.6 Å². The molecule has 0 saturated carbocycles. The lowest BCUT2D eigenvalue weighted by Crippen LogP contribution is -2.37. The van der Waals surface area contributed by atoms with Gasteiger partial charge < -0.3 is 20.3 Å². The molecule has 4 rings (SSSR count). The Bertz CT molecular complexity index is 1690. The van der Waals surface area contributed by atoms with Crippen molar-refractivity contribution in [1.82, 2.24) is 39.4 Å². The van der Waals surface area contributed by atoms with E-state index in [1.807, 2.05) is 0 Å². The molecule has 2 atom stereocenters. The van der Waals surface area contributed by atoms with Crippen LogP contribution in [0.5, 0.6) is 5.75 Å². The first-order valence-corrected chi connectivity index (χ1v) is 12.7. The van der Waals surface area contributed by atoms with Crippen LogP contribution in [0.2, 0.25) is 5.02 Å². The SMILES string of the molecule is CC(=O)NC(CO)c1nc(Cn2nc(-c3ccc(Cl)cc3)n(CC(O)C(F)(F)F)c2=O)nn1-c1ncccc1OC(F)(F)F. The number of hydrogen-bond acceptors (Lipinski definition) is 9. The van der Waals surface area contributed by atoms with Gasteiger partial charge in [0.2, 0.25) is 5.91 Å². The fourth-order valence-corrected chi connectivity index (χ4v) is 4.06. The molecule has 0 fully saturated rings. The highest BCUT2D eigenvalue weighted by Crippen LogP contribution is 2.29. The molecule has 0 bridgehead atoms. The Kier molecular flexibility index (Phi) is 9.30. The van der Waals surface area contributed by atoms with Gasteiger partial charge in [0.15, 0.2) is 35.1 Å². The maximum absolute atomic E-state index is 13.2. The largest absolute Gasteiger partial charge is 0.573 e. The zero-order chi connectivity index (χ0) is 32.4. The van der Waals surface area contributed by atoms with Crippen molar-refractivity contribution in [1.29, 1.82) is 0 Å². The number of aromatic nitrogens is 7. The van der Waals surface area contributed by atoms with Crippen molar-refractivity contribution in [3.8, 4) is 23.0 Å². The lowest BCUT2D eigenvalue weighted by atomic mass is 10.2. The molecule has 3 heterocycles. The summed E-state index contributed by atoms with van der Waals surface area (Å²) < 4.78 is 84.8. The number of nitrogens with one attached hydrogen (secondary N) is 1. The van der Waals surface area contributed by atoms with Gasteiger partial charge in [-0.1, -0.05) is 11.6 Å². The number of alkyl halides is 6. The molecular formula is C24H21ClF6N8O5. The minimum Gasteiger partial charge on any atom is -0.402 e. The van der Waals surface area contributed by atoms with E-state index in [-0.39, 0.29) is 28.1 Å². The standard InChI is InChI=1S/C24H21ClF6N8O5/c1-12(41)33-15(11-40)20-34-18(35-39(20)21-16(3-2-8-32-21)44-24(29,30)31)10-38-22(43)37(9-17(42)23(26,27)28)19(36-38)13-4-6-14(25)7-5-13/h2-8,15,17,40,42H,9-11H2,1H3,(H,33,41). The van der Waals surface area contributed by atoms with E-state index in [1.165, 1.54) is 24.3 Å². The number of benzene rings is 1. The predicted octanol–water partition coefficient (Wildman–Crippen LogP) is 2.38. The predicted molar refractivity (Wildman–Crippen MR) is 138 cm³/mol. The Morgan fingerprint density at radius 2 is 1.80 bits per heavy atom. The lowest BCUT2D eigenvalue weighted by molar-refractivity contribution is -0.274. The number of amides is 1. The first-order chi connectivity index (χ1) is 20.6. The number of nitrogens with zero attached hydrogens (tertiary/aromatic N) is 7. The van der Waals surface area contributed by atoms with Crippen molar-refractivity contribution in [3.05, 3.63) is 69.8 Å². The summed E-state index contributed by atoms with van der Waals surface area (Å²) in [7, 11) is 0. The number of aliphatic hydroxyl groups is 2. The summed E-state index contributed by atoms with van der Waals surface area (Å²) in [6, 6.07) is 6.26. The zero-order valence-electron chi connectivity index (χ0n) is 22.2. The van der Waals surface area contributed by atoms with Crippen LogP contribution in [0, 0.1) is 0 Å². The van der Waals surface area contributed by atoms with Crippen molar-refractivity contribution < 1.29 is 46.1 Å². The number of aliphatic hydroxyl groups excluding tert-OH is 2. The van der Waals surface area contributed by atoms with Crippen molar-refractivity contribution in [2.75, 3.05) is 6.61 Å². The fourth-order valence-electron chi connectivity index (χ4n) is 3.93. The number of halogens is 7. The lowest BCUT2D eigenvalue weighted by Gasteiger charge is -2.17. The van der Waals surface area contributed by atoms with E-state index in [2.05, 4.69) is 30.2 Å². The van der Waals surface area contributed by atoms with Crippen LogP contribution in [-0.4, -0.2) is 75.5 Å². The van der Waals surface area contributed by atoms with E-state index in [1.54, 1.807) is 0 Å². The Hall–Kier alpha value is -4.49. The van der Waals surface area contributed by atoms with Crippen molar-refractivity contribution in [2.24, 2.45) is 0 Å². The smallest absolute Gasteiger partial charge is 0.402 e. The quantitative estimate of drug-likeness (QED) is 0.219. The van der Waals surface area contributed by atoms with E-state index in [9.17, 15) is 46.1 Å². The highest BCUT2D eigenvalue weighted by atomic mass is 35.5. The summed E-state index contributed by atoms with van der Waals surface area (Å²) in [6.07, 6.45) is -12.1. The molecule has 3 N–H and O–H groups in total. The molecule has 0 spiro atoms. The molecule has 4 aromatic rings. The molecule has 3 aromatic heterocycles. The van der Waals surface area contributed by atoms with Crippen LogP contribution in [0.4, 0.5) is 26.3 Å². The van der Waals surface area contributed by atoms with E-state index >= 15 is 0 Å². The van der Waals surface area contributed by atoms with Crippen LogP contribution in [0.1, 0.15) is 24.6 Å². The van der Waals surface area contributed by atoms with Crippen molar-refractivity contribution in [2.45, 2.75) is 44.7 Å². The second-order valence-corrected chi connectivity index (χ2v) is 9.48. The number of ether oxygens (including phenoxy) is 1. The van der Waals surface area contributed by atoms with Crippen LogP contribution < -0.4 is 15.7 Å². The highest BCUT2D eigenvalue weighted by Gasteiger charge is 2.39. The van der Waals surface area contributed by atoms with Crippen LogP contribution in [0.3, 0.4) is 0 Å². The maximum Gasteiger partial charge on any atom is 0.573 e. The van der Waals surface area contributed by atoms with Gasteiger partial charge in [0.1, 0.15) is 12.6 Å². The summed E-state index contributed by atoms with van der Waals surface area (Å²) >= 11 is 5.89. The average molecular weight is 651 g/mol. The Morgan fingerprint density at radius 3 is 2.39 bits per heavy atom. The van der Waals surface area contributed by atoms with Gasteiger partial charge in [-0.05, 0) is 36.4 Å². The molecule has 0 radical (unpaired) electrons. The topological polar surface area (TPSA) is 162 Å². The summed E-state index contributed by atoms with van der Waals surface area (Å²) in [5.74, 6) is -3.00. The second kappa shape index (κ2) is 12.6. The first-order valence-electron chi connectivity index (χ1n) is 12.3. The zero-order valence-corrected chi connectivity index (χ0v) is 23.0. The molecule has 0 aliphatic carbocycles. The van der Waals surface area contributed by atoms with E-state index in [0.29, 0.717) is 9.25 Å². The number of carbonyl (C=O) groups is 1. The number of rotatable bonds is 10. The molecule has 2 unspecified atom stereocenters. The first kappa shape index (κ1) is 32.4. The average Bonchev–Trinajstić information content (AvgIpc) is 3.48.